The Morgan fingerprint density at radius 1 is 1.12 bits per heavy atom. The molecule has 8 nitrogen and oxygen atoms in total. The summed E-state index contributed by atoms with van der Waals surface area (Å²) in [4.78, 5) is 18.8. The van der Waals surface area contributed by atoms with Gasteiger partial charge >= 0.3 is 6.09 Å². The molecule has 0 N–H and O–H groups in total. The van der Waals surface area contributed by atoms with Crippen LogP contribution in [0.4, 0.5) is 4.79 Å². The lowest BCUT2D eigenvalue weighted by Crippen LogP contribution is -2.41. The van der Waals surface area contributed by atoms with E-state index >= 15 is 0 Å². The van der Waals surface area contributed by atoms with E-state index in [0.717, 1.165) is 57.5 Å². The van der Waals surface area contributed by atoms with Gasteiger partial charge in [0.1, 0.15) is 5.60 Å². The second kappa shape index (κ2) is 8.34. The number of ether oxygens (including phenoxy) is 1. The average Bonchev–Trinajstić information content (AvgIpc) is 3.18. The predicted molar refractivity (Wildman–Crippen MR) is 131 cm³/mol. The minimum Gasteiger partial charge on any atom is -0.444 e. The molecule has 0 bridgehead atoms. The molecule has 0 saturated carbocycles. The van der Waals surface area contributed by atoms with Crippen molar-refractivity contribution in [1.82, 2.24) is 29.7 Å². The number of fused-ring (bicyclic) bond motifs is 2. The maximum absolute atomic E-state index is 12.5. The van der Waals surface area contributed by atoms with Gasteiger partial charge in [0.15, 0.2) is 5.65 Å². The first-order valence-corrected chi connectivity index (χ1v) is 11.8. The first kappa shape index (κ1) is 22.3. The predicted octanol–water partition coefficient (Wildman–Crippen LogP) is 5.07. The maximum Gasteiger partial charge on any atom is 0.410 e. The van der Waals surface area contributed by atoms with Crippen LogP contribution in [0.25, 0.3) is 27.7 Å². The lowest BCUT2D eigenvalue weighted by atomic mass is 9.90. The summed E-state index contributed by atoms with van der Waals surface area (Å²) in [5.74, 6) is 0.235. The van der Waals surface area contributed by atoms with Gasteiger partial charge in [-0.2, -0.15) is 15.3 Å². The third-order valence-corrected chi connectivity index (χ3v) is 6.27. The molecule has 1 aliphatic rings. The number of likely N-dealkylation sites (tertiary alicyclic amines) is 1. The van der Waals surface area contributed by atoms with Crippen molar-refractivity contribution in [3.05, 3.63) is 53.6 Å². The van der Waals surface area contributed by atoms with E-state index in [9.17, 15) is 4.79 Å². The Balaban J connectivity index is 1.46. The van der Waals surface area contributed by atoms with Crippen LogP contribution in [0.15, 0.2) is 36.7 Å². The minimum atomic E-state index is -0.490. The number of aromatic nitrogens is 5. The smallest absolute Gasteiger partial charge is 0.410 e. The van der Waals surface area contributed by atoms with Gasteiger partial charge in [-0.15, -0.1) is 0 Å². The minimum absolute atomic E-state index is 0.235. The fraction of sp³-hybridized carbons (Fsp3) is 0.423. The fourth-order valence-corrected chi connectivity index (χ4v) is 4.69. The Bertz CT molecular complexity index is 1380. The molecule has 34 heavy (non-hydrogen) atoms. The van der Waals surface area contributed by atoms with Crippen molar-refractivity contribution in [1.29, 1.82) is 0 Å². The number of rotatable bonds is 2. The summed E-state index contributed by atoms with van der Waals surface area (Å²) in [5.41, 5.74) is 5.29. The molecule has 4 aromatic rings. The highest BCUT2D eigenvalue weighted by Gasteiger charge is 2.29. The summed E-state index contributed by atoms with van der Waals surface area (Å²) in [5, 5.41) is 15.9. The third kappa shape index (κ3) is 4.20. The Hall–Kier alpha value is -3.55. The van der Waals surface area contributed by atoms with Crippen LogP contribution in [0.1, 0.15) is 56.5 Å². The van der Waals surface area contributed by atoms with Gasteiger partial charge in [0.25, 0.3) is 0 Å². The topological polar surface area (TPSA) is 85.5 Å². The Labute approximate surface area is 199 Å². The van der Waals surface area contributed by atoms with Crippen LogP contribution < -0.4 is 0 Å². The largest absolute Gasteiger partial charge is 0.444 e. The van der Waals surface area contributed by atoms with E-state index in [-0.39, 0.29) is 12.0 Å². The van der Waals surface area contributed by atoms with Crippen molar-refractivity contribution in [3.63, 3.8) is 0 Å². The molecule has 8 heteroatoms. The zero-order valence-electron chi connectivity index (χ0n) is 20.4. The van der Waals surface area contributed by atoms with Crippen LogP contribution in [-0.2, 0) is 4.74 Å². The van der Waals surface area contributed by atoms with E-state index in [1.165, 1.54) is 0 Å². The van der Waals surface area contributed by atoms with E-state index in [0.29, 0.717) is 13.1 Å². The van der Waals surface area contributed by atoms with Crippen molar-refractivity contribution in [3.8, 4) is 11.3 Å². The molecular weight excluding hydrogens is 428 g/mol. The molecule has 0 spiro atoms. The van der Waals surface area contributed by atoms with Gasteiger partial charge in [-0.3, -0.25) is 0 Å². The second-order valence-corrected chi connectivity index (χ2v) is 10.1. The maximum atomic E-state index is 12.5. The van der Waals surface area contributed by atoms with Crippen molar-refractivity contribution < 1.29 is 9.53 Å². The van der Waals surface area contributed by atoms with Gasteiger partial charge in [0.05, 0.1) is 29.5 Å². The standard InChI is InChI=1S/C26H30N6O2/c1-16-13-22(30-32-15-17(2)28-24(16)32)19-7-6-8-20-21(19)14-27-29-23(20)18-9-11-31(12-10-18)25(33)34-26(3,4)5/h6-8,13-15,18H,9-12H2,1-5H3. The zero-order valence-corrected chi connectivity index (χ0v) is 20.4. The summed E-state index contributed by atoms with van der Waals surface area (Å²) in [6.07, 6.45) is 5.18. The normalized spacial score (nSPS) is 15.3. The number of aryl methyl sites for hydroxylation is 2. The van der Waals surface area contributed by atoms with Crippen LogP contribution >= 0.6 is 0 Å². The molecule has 1 saturated heterocycles. The molecule has 1 aromatic carbocycles. The van der Waals surface area contributed by atoms with Gasteiger partial charge in [-0.25, -0.2) is 14.3 Å². The van der Waals surface area contributed by atoms with Crippen LogP contribution in [-0.4, -0.2) is 54.5 Å². The summed E-state index contributed by atoms with van der Waals surface area (Å²) < 4.78 is 7.39. The molecule has 5 rings (SSSR count). The quantitative estimate of drug-likeness (QED) is 0.417. The molecule has 0 unspecified atom stereocenters. The monoisotopic (exact) mass is 458 g/mol. The number of benzene rings is 1. The summed E-state index contributed by atoms with van der Waals surface area (Å²) in [6.45, 7) is 11.0. The molecule has 1 fully saturated rings. The van der Waals surface area contributed by atoms with E-state index in [1.807, 2.05) is 44.6 Å². The number of carbonyl (C=O) groups excluding carboxylic acids is 1. The van der Waals surface area contributed by atoms with E-state index < -0.39 is 5.60 Å². The van der Waals surface area contributed by atoms with Gasteiger partial charge in [-0.05, 0) is 59.1 Å². The molecular formula is C26H30N6O2. The molecule has 1 amide bonds. The Morgan fingerprint density at radius 2 is 1.88 bits per heavy atom. The SMILES string of the molecule is Cc1cn2nc(-c3cccc4c(C5CCN(C(=O)OC(C)(C)C)CC5)nncc34)cc(C)c2n1. The van der Waals surface area contributed by atoms with Crippen LogP contribution in [0.3, 0.4) is 0 Å². The number of hydrogen-bond acceptors (Lipinski definition) is 6. The Morgan fingerprint density at radius 3 is 2.62 bits per heavy atom. The number of amides is 1. The third-order valence-electron chi connectivity index (χ3n) is 6.27. The lowest BCUT2D eigenvalue weighted by Gasteiger charge is -2.33. The van der Waals surface area contributed by atoms with E-state index in [2.05, 4.69) is 46.4 Å². The zero-order chi connectivity index (χ0) is 24.0. The summed E-state index contributed by atoms with van der Waals surface area (Å²) >= 11 is 0. The first-order valence-electron chi connectivity index (χ1n) is 11.8. The first-order chi connectivity index (χ1) is 16.2. The number of carbonyl (C=O) groups is 1. The van der Waals surface area contributed by atoms with Crippen molar-refractivity contribution in [2.24, 2.45) is 0 Å². The van der Waals surface area contributed by atoms with Gasteiger partial charge in [-0.1, -0.05) is 18.2 Å². The Kier molecular flexibility index (Phi) is 5.46. The summed E-state index contributed by atoms with van der Waals surface area (Å²) in [6, 6.07) is 8.32. The molecule has 0 aliphatic carbocycles. The molecule has 3 aromatic heterocycles. The summed E-state index contributed by atoms with van der Waals surface area (Å²) in [7, 11) is 0. The number of nitrogens with zero attached hydrogens (tertiary/aromatic N) is 6. The van der Waals surface area contributed by atoms with E-state index in [1.54, 1.807) is 4.90 Å². The lowest BCUT2D eigenvalue weighted by molar-refractivity contribution is 0.0204. The van der Waals surface area contributed by atoms with E-state index in [4.69, 9.17) is 9.84 Å². The van der Waals surface area contributed by atoms with Crippen LogP contribution in [0.5, 0.6) is 0 Å². The van der Waals surface area contributed by atoms with Crippen molar-refractivity contribution in [2.75, 3.05) is 13.1 Å². The molecule has 0 radical (unpaired) electrons. The number of imidazole rings is 1. The molecule has 0 atom stereocenters. The van der Waals surface area contributed by atoms with Crippen molar-refractivity contribution >= 4 is 22.5 Å². The molecule has 176 valence electrons. The number of hydrogen-bond donors (Lipinski definition) is 0. The van der Waals surface area contributed by atoms with Gasteiger partial charge < -0.3 is 9.64 Å². The van der Waals surface area contributed by atoms with Gasteiger partial charge in [0, 0.05) is 35.3 Å². The highest BCUT2D eigenvalue weighted by Crippen LogP contribution is 2.35. The van der Waals surface area contributed by atoms with Crippen LogP contribution in [0, 0.1) is 13.8 Å². The van der Waals surface area contributed by atoms with Gasteiger partial charge in [0.2, 0.25) is 0 Å². The highest BCUT2D eigenvalue weighted by atomic mass is 16.6. The highest BCUT2D eigenvalue weighted by molar-refractivity contribution is 5.96. The molecule has 1 aliphatic heterocycles. The fourth-order valence-electron chi connectivity index (χ4n) is 4.69. The second-order valence-electron chi connectivity index (χ2n) is 10.1. The number of piperidine rings is 1. The molecule has 4 heterocycles. The average molecular weight is 459 g/mol. The van der Waals surface area contributed by atoms with Crippen LogP contribution in [0.2, 0.25) is 0 Å². The van der Waals surface area contributed by atoms with Crippen molar-refractivity contribution in [2.45, 2.75) is 59.0 Å².